The van der Waals surface area contributed by atoms with Gasteiger partial charge in [0.05, 0.1) is 34.4 Å². The molecule has 3 aromatic rings. The van der Waals surface area contributed by atoms with Crippen molar-refractivity contribution >= 4 is 34.6 Å². The van der Waals surface area contributed by atoms with E-state index in [1.54, 1.807) is 29.1 Å². The highest BCUT2D eigenvalue weighted by atomic mass is 19.1. The third kappa shape index (κ3) is 2.78. The van der Waals surface area contributed by atoms with Crippen molar-refractivity contribution in [1.29, 1.82) is 0 Å². The van der Waals surface area contributed by atoms with E-state index in [9.17, 15) is 14.0 Å². The van der Waals surface area contributed by atoms with Crippen LogP contribution in [0.15, 0.2) is 59.8 Å². The maximum Gasteiger partial charge on any atom is 0.261 e. The quantitative estimate of drug-likeness (QED) is 0.630. The Bertz CT molecular complexity index is 1460. The Balaban J connectivity index is 1.61. The highest BCUT2D eigenvalue weighted by Gasteiger charge is 2.40. The number of hydrogen-bond donors (Lipinski definition) is 1. The molecule has 3 aliphatic heterocycles. The molecule has 1 unspecified atom stereocenters. The van der Waals surface area contributed by atoms with E-state index in [0.717, 1.165) is 11.3 Å². The van der Waals surface area contributed by atoms with Gasteiger partial charge in [-0.2, -0.15) is 0 Å². The largest absolute Gasteiger partial charge is 0.342 e. The van der Waals surface area contributed by atoms with Crippen LogP contribution in [0.2, 0.25) is 0 Å². The topological polar surface area (TPSA) is 92.0 Å². The number of aromatic nitrogens is 3. The highest BCUT2D eigenvalue weighted by Crippen LogP contribution is 2.42. The molecule has 9 heteroatoms. The highest BCUT2D eigenvalue weighted by molar-refractivity contribution is 6.47. The summed E-state index contributed by atoms with van der Waals surface area (Å²) in [5.41, 5.74) is 3.07. The number of imide groups is 1. The molecular weight excluding hydrogens is 423 g/mol. The molecule has 1 atom stereocenters. The van der Waals surface area contributed by atoms with Crippen molar-refractivity contribution < 1.29 is 14.0 Å². The molecule has 2 aromatic heterocycles. The summed E-state index contributed by atoms with van der Waals surface area (Å²) < 4.78 is 16.4. The summed E-state index contributed by atoms with van der Waals surface area (Å²) in [7, 11) is 0. The molecule has 0 saturated heterocycles. The molecule has 5 heterocycles. The third-order valence-corrected chi connectivity index (χ3v) is 6.37. The van der Waals surface area contributed by atoms with Gasteiger partial charge >= 0.3 is 0 Å². The third-order valence-electron chi connectivity index (χ3n) is 6.37. The number of benzene rings is 1. The summed E-state index contributed by atoms with van der Waals surface area (Å²) in [4.78, 5) is 41.0. The average molecular weight is 442 g/mol. The monoisotopic (exact) mass is 442 g/mol. The minimum atomic E-state index is -0.578. The molecule has 2 amide bonds. The van der Waals surface area contributed by atoms with E-state index in [0.29, 0.717) is 29.4 Å². The molecule has 164 valence electrons. The van der Waals surface area contributed by atoms with Crippen LogP contribution in [0.4, 0.5) is 10.1 Å². The zero-order valence-electron chi connectivity index (χ0n) is 17.9. The summed E-state index contributed by atoms with van der Waals surface area (Å²) in [5, 5.41) is 2.38. The Hall–Kier alpha value is -4.14. The molecular formula is C24H19FN6O2. The molecule has 1 N–H and O–H groups in total. The van der Waals surface area contributed by atoms with E-state index >= 15 is 0 Å². The first-order chi connectivity index (χ1) is 15.9. The van der Waals surface area contributed by atoms with Gasteiger partial charge in [-0.15, -0.1) is 0 Å². The Morgan fingerprint density at radius 2 is 1.97 bits per heavy atom. The number of anilines is 1. The Morgan fingerprint density at radius 3 is 2.79 bits per heavy atom. The fraction of sp³-hybridized carbons (Fsp3) is 0.208. The summed E-state index contributed by atoms with van der Waals surface area (Å²) in [6, 6.07) is 4.78. The SMILES string of the molecule is CC(C)C1Cc2cc(F)cc3c2N1C=CN=C3C1=C(c2cnc3ncccn23)C(=O)NC1=O. The fourth-order valence-corrected chi connectivity index (χ4v) is 4.91. The van der Waals surface area contributed by atoms with Gasteiger partial charge in [-0.1, -0.05) is 13.8 Å². The number of nitrogens with one attached hydrogen (secondary N) is 1. The van der Waals surface area contributed by atoms with Crippen LogP contribution in [-0.4, -0.2) is 37.9 Å². The molecule has 33 heavy (non-hydrogen) atoms. The number of rotatable bonds is 3. The van der Waals surface area contributed by atoms with Gasteiger partial charge < -0.3 is 4.90 Å². The summed E-state index contributed by atoms with van der Waals surface area (Å²) in [6.07, 6.45) is 8.96. The minimum absolute atomic E-state index is 0.0953. The average Bonchev–Trinajstić information content (AvgIpc) is 3.40. The number of carbonyl (C=O) groups excluding carboxylic acids is 2. The fourth-order valence-electron chi connectivity index (χ4n) is 4.91. The number of halogens is 1. The number of fused-ring (bicyclic) bond motifs is 1. The zero-order chi connectivity index (χ0) is 22.9. The normalized spacial score (nSPS) is 19.5. The van der Waals surface area contributed by atoms with E-state index in [-0.39, 0.29) is 22.9 Å². The number of carbonyl (C=O) groups is 2. The molecule has 0 fully saturated rings. The molecule has 0 aliphatic carbocycles. The lowest BCUT2D eigenvalue weighted by Crippen LogP contribution is -2.32. The number of aliphatic imine (C=N–C) groups is 1. The van der Waals surface area contributed by atoms with Crippen molar-refractivity contribution in [3.63, 3.8) is 0 Å². The van der Waals surface area contributed by atoms with Gasteiger partial charge in [0, 0.05) is 36.4 Å². The lowest BCUT2D eigenvalue weighted by atomic mass is 9.94. The number of amides is 2. The molecule has 0 radical (unpaired) electrons. The van der Waals surface area contributed by atoms with E-state index in [1.165, 1.54) is 18.3 Å². The van der Waals surface area contributed by atoms with Crippen LogP contribution in [0, 0.1) is 11.7 Å². The van der Waals surface area contributed by atoms with Crippen molar-refractivity contribution in [3.05, 3.63) is 77.4 Å². The molecule has 0 saturated carbocycles. The second-order valence-electron chi connectivity index (χ2n) is 8.63. The van der Waals surface area contributed by atoms with Gasteiger partial charge in [0.1, 0.15) is 5.82 Å². The van der Waals surface area contributed by atoms with Crippen LogP contribution in [0.3, 0.4) is 0 Å². The second kappa shape index (κ2) is 6.93. The first-order valence-electron chi connectivity index (χ1n) is 10.7. The maximum absolute atomic E-state index is 14.7. The molecule has 6 rings (SSSR count). The van der Waals surface area contributed by atoms with Gasteiger partial charge in [-0.05, 0) is 36.1 Å². The van der Waals surface area contributed by atoms with Crippen LogP contribution < -0.4 is 10.2 Å². The number of hydrogen-bond acceptors (Lipinski definition) is 6. The van der Waals surface area contributed by atoms with Crippen molar-refractivity contribution in [1.82, 2.24) is 19.7 Å². The van der Waals surface area contributed by atoms with Gasteiger partial charge in [0.25, 0.3) is 11.8 Å². The Labute approximate surface area is 188 Å². The van der Waals surface area contributed by atoms with Crippen molar-refractivity contribution in [2.24, 2.45) is 10.9 Å². The van der Waals surface area contributed by atoms with Gasteiger partial charge in [0.15, 0.2) is 0 Å². The lowest BCUT2D eigenvalue weighted by Gasteiger charge is -2.27. The standard InChI is InChI=1S/C24H19FN6O2/c1-12(2)16-9-13-8-14(25)10-15-20(26-5-7-30(16)21(13)15)19-18(22(32)29-23(19)33)17-11-28-24-27-4-3-6-31(17)24/h3-8,10-12,16H,9H2,1-2H3,(H,29,32,33). The van der Waals surface area contributed by atoms with Gasteiger partial charge in [-0.3, -0.25) is 24.3 Å². The second-order valence-corrected chi connectivity index (χ2v) is 8.63. The maximum atomic E-state index is 14.7. The molecule has 0 spiro atoms. The lowest BCUT2D eigenvalue weighted by molar-refractivity contribution is -0.123. The van der Waals surface area contributed by atoms with Gasteiger partial charge in [-0.25, -0.2) is 14.4 Å². The Kier molecular flexibility index (Phi) is 4.10. The Morgan fingerprint density at radius 1 is 1.15 bits per heavy atom. The van der Waals surface area contributed by atoms with Crippen LogP contribution in [0.25, 0.3) is 11.4 Å². The van der Waals surface area contributed by atoms with Crippen LogP contribution >= 0.6 is 0 Å². The predicted octanol–water partition coefficient (Wildman–Crippen LogP) is 2.64. The summed E-state index contributed by atoms with van der Waals surface area (Å²) in [6.45, 7) is 4.24. The van der Waals surface area contributed by atoms with E-state index < -0.39 is 17.6 Å². The molecule has 8 nitrogen and oxygen atoms in total. The van der Waals surface area contributed by atoms with E-state index in [2.05, 4.69) is 39.0 Å². The van der Waals surface area contributed by atoms with Crippen molar-refractivity contribution in [2.45, 2.75) is 26.3 Å². The summed E-state index contributed by atoms with van der Waals surface area (Å²) >= 11 is 0. The molecule has 3 aliphatic rings. The first kappa shape index (κ1) is 19.5. The molecule has 1 aromatic carbocycles. The van der Waals surface area contributed by atoms with E-state index in [4.69, 9.17) is 0 Å². The van der Waals surface area contributed by atoms with Crippen molar-refractivity contribution in [2.75, 3.05) is 4.90 Å². The first-order valence-corrected chi connectivity index (χ1v) is 10.7. The van der Waals surface area contributed by atoms with Gasteiger partial charge in [0.2, 0.25) is 5.78 Å². The number of nitrogens with zero attached hydrogens (tertiary/aromatic N) is 5. The number of imidazole rings is 1. The van der Waals surface area contributed by atoms with E-state index in [1.807, 2.05) is 6.20 Å². The van der Waals surface area contributed by atoms with Crippen LogP contribution in [0.5, 0.6) is 0 Å². The smallest absolute Gasteiger partial charge is 0.261 e. The minimum Gasteiger partial charge on any atom is -0.342 e. The zero-order valence-corrected chi connectivity index (χ0v) is 17.9. The molecule has 0 bridgehead atoms. The van der Waals surface area contributed by atoms with Crippen LogP contribution in [0.1, 0.15) is 30.7 Å². The van der Waals surface area contributed by atoms with Crippen molar-refractivity contribution in [3.8, 4) is 0 Å². The summed E-state index contributed by atoms with van der Waals surface area (Å²) in [5.74, 6) is -0.830. The van der Waals surface area contributed by atoms with Crippen LogP contribution in [-0.2, 0) is 16.0 Å². The predicted molar refractivity (Wildman–Crippen MR) is 120 cm³/mol.